The van der Waals surface area contributed by atoms with E-state index >= 15 is 0 Å². The molecule has 0 saturated heterocycles. The van der Waals surface area contributed by atoms with Crippen molar-refractivity contribution in [1.29, 1.82) is 0 Å². The molecule has 0 atom stereocenters. The zero-order chi connectivity index (χ0) is 35.6. The van der Waals surface area contributed by atoms with E-state index in [1.807, 2.05) is 48.5 Å². The molecule has 3 heterocycles. The Hall–Kier alpha value is -7.37. The molecule has 0 amide bonds. The smallest absolute Gasteiger partial charge is 0.164 e. The molecule has 0 saturated carbocycles. The Morgan fingerprint density at radius 2 is 0.796 bits per heavy atom. The fourth-order valence-corrected chi connectivity index (χ4v) is 7.86. The number of para-hydroxylation sites is 2. The fraction of sp³-hybridized carbons (Fsp3) is 0. The molecule has 5 nitrogen and oxygen atoms in total. The summed E-state index contributed by atoms with van der Waals surface area (Å²) in [6.45, 7) is 0. The maximum absolute atomic E-state index is 6.63. The number of nitrogens with zero attached hydrogens (tertiary/aromatic N) is 3. The number of fused-ring (bicyclic) bond motifs is 7. The third-order valence-electron chi connectivity index (χ3n) is 10.4. The van der Waals surface area contributed by atoms with Crippen LogP contribution in [0, 0.1) is 0 Å². The molecule has 0 spiro atoms. The summed E-state index contributed by atoms with van der Waals surface area (Å²) in [5.41, 5.74) is 10.3. The predicted octanol–water partition coefficient (Wildman–Crippen LogP) is 13.2. The molecule has 8 aromatic carbocycles. The minimum Gasteiger partial charge on any atom is -0.456 e. The van der Waals surface area contributed by atoms with Gasteiger partial charge in [0.1, 0.15) is 22.3 Å². The Labute approximate surface area is 309 Å². The molecule has 54 heavy (non-hydrogen) atoms. The van der Waals surface area contributed by atoms with Crippen LogP contribution in [0.25, 0.3) is 111 Å². The summed E-state index contributed by atoms with van der Waals surface area (Å²) in [7, 11) is 0. The van der Waals surface area contributed by atoms with E-state index in [1.165, 1.54) is 16.3 Å². The molecule has 0 fully saturated rings. The first-order valence-electron chi connectivity index (χ1n) is 18.0. The first-order valence-corrected chi connectivity index (χ1v) is 18.0. The van der Waals surface area contributed by atoms with Crippen molar-refractivity contribution >= 4 is 54.6 Å². The first kappa shape index (κ1) is 30.3. The third-order valence-corrected chi connectivity index (χ3v) is 10.4. The van der Waals surface area contributed by atoms with Gasteiger partial charge in [0.2, 0.25) is 0 Å². The van der Waals surface area contributed by atoms with Crippen molar-refractivity contribution in [3.63, 3.8) is 0 Å². The van der Waals surface area contributed by atoms with Gasteiger partial charge in [-0.05, 0) is 45.7 Å². The highest BCUT2D eigenvalue weighted by atomic mass is 16.3. The van der Waals surface area contributed by atoms with Gasteiger partial charge >= 0.3 is 0 Å². The molecular formula is C49H29N3O2. The highest BCUT2D eigenvalue weighted by Gasteiger charge is 2.21. The van der Waals surface area contributed by atoms with Gasteiger partial charge in [0.05, 0.1) is 0 Å². The molecule has 0 aliphatic carbocycles. The highest BCUT2D eigenvalue weighted by molar-refractivity contribution is 6.15. The molecule has 0 aliphatic heterocycles. The van der Waals surface area contributed by atoms with Crippen LogP contribution in [-0.4, -0.2) is 15.0 Å². The number of rotatable bonds is 5. The molecule has 11 aromatic rings. The summed E-state index contributed by atoms with van der Waals surface area (Å²) in [5, 5.41) is 6.39. The van der Waals surface area contributed by atoms with E-state index in [2.05, 4.69) is 127 Å². The lowest BCUT2D eigenvalue weighted by molar-refractivity contribution is 0.669. The van der Waals surface area contributed by atoms with Crippen LogP contribution in [0.1, 0.15) is 0 Å². The van der Waals surface area contributed by atoms with Crippen molar-refractivity contribution in [2.24, 2.45) is 0 Å². The van der Waals surface area contributed by atoms with E-state index in [0.29, 0.717) is 17.5 Å². The topological polar surface area (TPSA) is 65.0 Å². The largest absolute Gasteiger partial charge is 0.456 e. The summed E-state index contributed by atoms with van der Waals surface area (Å²) in [4.78, 5) is 15.6. The van der Waals surface area contributed by atoms with Gasteiger partial charge in [0, 0.05) is 43.8 Å². The average Bonchev–Trinajstić information content (AvgIpc) is 3.83. The zero-order valence-electron chi connectivity index (χ0n) is 28.9. The van der Waals surface area contributed by atoms with Gasteiger partial charge in [0.25, 0.3) is 0 Å². The van der Waals surface area contributed by atoms with Gasteiger partial charge in [-0.2, -0.15) is 0 Å². The second kappa shape index (κ2) is 12.1. The first-order chi connectivity index (χ1) is 26.8. The molecule has 252 valence electrons. The van der Waals surface area contributed by atoms with Crippen LogP contribution in [0.2, 0.25) is 0 Å². The summed E-state index contributed by atoms with van der Waals surface area (Å²) in [6.07, 6.45) is 0. The molecule has 11 rings (SSSR count). The summed E-state index contributed by atoms with van der Waals surface area (Å²) >= 11 is 0. The Kier molecular flexibility index (Phi) is 6.79. The molecular weight excluding hydrogens is 663 g/mol. The van der Waals surface area contributed by atoms with Gasteiger partial charge < -0.3 is 8.83 Å². The minimum atomic E-state index is 0.566. The second-order valence-electron chi connectivity index (χ2n) is 13.5. The van der Waals surface area contributed by atoms with Crippen LogP contribution in [0.3, 0.4) is 0 Å². The summed E-state index contributed by atoms with van der Waals surface area (Å²) in [5.74, 6) is 1.72. The SMILES string of the molecule is c1ccc(-c2cccc3c2oc2cccc(-c4nc(-c5ccc(-c6cccc7ccccc67)cc5)nc(-c5cccc6oc7ccccc7c56)n4)c23)cc1. The monoisotopic (exact) mass is 691 g/mol. The van der Waals surface area contributed by atoms with Crippen LogP contribution in [-0.2, 0) is 0 Å². The summed E-state index contributed by atoms with van der Waals surface area (Å²) < 4.78 is 12.9. The quantitative estimate of drug-likeness (QED) is 0.180. The van der Waals surface area contributed by atoms with Crippen LogP contribution in [0.4, 0.5) is 0 Å². The minimum absolute atomic E-state index is 0.566. The maximum atomic E-state index is 6.63. The van der Waals surface area contributed by atoms with E-state index in [0.717, 1.165) is 77.3 Å². The van der Waals surface area contributed by atoms with Crippen LogP contribution >= 0.6 is 0 Å². The second-order valence-corrected chi connectivity index (χ2v) is 13.5. The van der Waals surface area contributed by atoms with Crippen molar-refractivity contribution in [3.05, 3.63) is 176 Å². The normalized spacial score (nSPS) is 11.7. The molecule has 0 radical (unpaired) electrons. The van der Waals surface area contributed by atoms with Crippen molar-refractivity contribution in [1.82, 2.24) is 15.0 Å². The molecule has 3 aromatic heterocycles. The van der Waals surface area contributed by atoms with Crippen LogP contribution < -0.4 is 0 Å². The van der Waals surface area contributed by atoms with Crippen molar-refractivity contribution in [2.45, 2.75) is 0 Å². The lowest BCUT2D eigenvalue weighted by Gasteiger charge is -2.11. The standard InChI is InChI=1S/C49H29N3O2/c1-2-12-31(13-3-1)36-19-9-20-38-45-40(22-11-25-43(45)54-46(36)38)49-51-47(33-28-26-32(27-29-33)35-18-8-15-30-14-4-5-16-34(30)35)50-48(52-49)39-21-10-24-42-44(39)37-17-6-7-23-41(37)53-42/h1-29H. The van der Waals surface area contributed by atoms with E-state index in [4.69, 9.17) is 23.8 Å². The Bertz CT molecular complexity index is 3210. The van der Waals surface area contributed by atoms with Crippen molar-refractivity contribution in [2.75, 3.05) is 0 Å². The molecule has 0 N–H and O–H groups in total. The lowest BCUT2D eigenvalue weighted by atomic mass is 9.97. The Balaban J connectivity index is 1.14. The van der Waals surface area contributed by atoms with E-state index in [-0.39, 0.29) is 0 Å². The number of hydrogen-bond donors (Lipinski definition) is 0. The molecule has 5 heteroatoms. The molecule has 0 aliphatic rings. The van der Waals surface area contributed by atoms with Gasteiger partial charge in [-0.1, -0.05) is 158 Å². The van der Waals surface area contributed by atoms with Crippen LogP contribution in [0.15, 0.2) is 185 Å². The van der Waals surface area contributed by atoms with Gasteiger partial charge in [-0.3, -0.25) is 0 Å². The average molecular weight is 692 g/mol. The Morgan fingerprint density at radius 3 is 1.59 bits per heavy atom. The maximum Gasteiger partial charge on any atom is 0.164 e. The summed E-state index contributed by atoms with van der Waals surface area (Å²) in [6, 6.07) is 60.4. The molecule has 0 bridgehead atoms. The predicted molar refractivity (Wildman–Crippen MR) is 219 cm³/mol. The van der Waals surface area contributed by atoms with Crippen LogP contribution in [0.5, 0.6) is 0 Å². The van der Waals surface area contributed by atoms with Crippen molar-refractivity contribution < 1.29 is 8.83 Å². The zero-order valence-corrected chi connectivity index (χ0v) is 28.9. The fourth-order valence-electron chi connectivity index (χ4n) is 7.86. The number of hydrogen-bond acceptors (Lipinski definition) is 5. The highest BCUT2D eigenvalue weighted by Crippen LogP contribution is 2.41. The molecule has 0 unspecified atom stereocenters. The number of furan rings is 2. The third kappa shape index (κ3) is 4.83. The van der Waals surface area contributed by atoms with E-state index < -0.39 is 0 Å². The van der Waals surface area contributed by atoms with E-state index in [9.17, 15) is 0 Å². The van der Waals surface area contributed by atoms with Crippen molar-refractivity contribution in [3.8, 4) is 56.4 Å². The lowest BCUT2D eigenvalue weighted by Crippen LogP contribution is -2.00. The Morgan fingerprint density at radius 1 is 0.296 bits per heavy atom. The number of aromatic nitrogens is 3. The van der Waals surface area contributed by atoms with E-state index in [1.54, 1.807) is 0 Å². The number of benzene rings is 8. The van der Waals surface area contributed by atoms with Gasteiger partial charge in [-0.25, -0.2) is 15.0 Å². The van der Waals surface area contributed by atoms with Gasteiger partial charge in [0.15, 0.2) is 17.5 Å². The van der Waals surface area contributed by atoms with Gasteiger partial charge in [-0.15, -0.1) is 0 Å².